The molecule has 0 spiro atoms. The van der Waals surface area contributed by atoms with E-state index < -0.39 is 24.1 Å². The van der Waals surface area contributed by atoms with Crippen LogP contribution in [0.25, 0.3) is 0 Å². The number of aliphatic hydroxyl groups is 2. The van der Waals surface area contributed by atoms with Crippen LogP contribution in [0.5, 0.6) is 0 Å². The van der Waals surface area contributed by atoms with Crippen LogP contribution in [0.4, 0.5) is 0 Å². The van der Waals surface area contributed by atoms with E-state index in [0.29, 0.717) is 12.8 Å². The molecule has 2 atom stereocenters. The molecule has 0 aliphatic heterocycles. The zero-order chi connectivity index (χ0) is 29.4. The molecule has 6 nitrogen and oxygen atoms in total. The molecule has 0 radical (unpaired) electrons. The molecule has 0 fully saturated rings. The van der Waals surface area contributed by atoms with Crippen LogP contribution >= 0.6 is 0 Å². The highest BCUT2D eigenvalue weighted by atomic mass is 16.4. The number of hydrogen-bond acceptors (Lipinski definition) is 4. The summed E-state index contributed by atoms with van der Waals surface area (Å²) < 4.78 is 0. The van der Waals surface area contributed by atoms with Gasteiger partial charge in [-0.05, 0) is 12.8 Å². The summed E-state index contributed by atoms with van der Waals surface area (Å²) in [7, 11) is 0. The lowest BCUT2D eigenvalue weighted by Gasteiger charge is -2.07. The van der Waals surface area contributed by atoms with E-state index in [1.807, 2.05) is 0 Å². The second kappa shape index (κ2) is 33.1. The van der Waals surface area contributed by atoms with Crippen molar-refractivity contribution in [2.24, 2.45) is 0 Å². The van der Waals surface area contributed by atoms with Crippen molar-refractivity contribution in [2.75, 3.05) is 0 Å². The maximum absolute atomic E-state index is 10.4. The van der Waals surface area contributed by atoms with Gasteiger partial charge in [-0.25, -0.2) is 0 Å². The molecule has 0 saturated carbocycles. The topological polar surface area (TPSA) is 115 Å². The van der Waals surface area contributed by atoms with Crippen LogP contribution in [0.1, 0.15) is 187 Å². The number of unbranched alkanes of at least 4 members (excludes halogenated alkanes) is 21. The molecule has 6 heteroatoms. The maximum Gasteiger partial charge on any atom is 0.305 e. The fourth-order valence-corrected chi connectivity index (χ4v) is 4.87. The van der Waals surface area contributed by atoms with Crippen molar-refractivity contribution in [3.63, 3.8) is 0 Å². The van der Waals surface area contributed by atoms with E-state index in [1.165, 1.54) is 122 Å². The van der Waals surface area contributed by atoms with Gasteiger partial charge in [-0.3, -0.25) is 9.59 Å². The molecule has 0 rings (SSSR count). The Morgan fingerprint density at radius 2 is 0.615 bits per heavy atom. The fourth-order valence-electron chi connectivity index (χ4n) is 4.87. The first-order valence-electron chi connectivity index (χ1n) is 16.6. The number of carbonyl (C=O) groups is 2. The van der Waals surface area contributed by atoms with Crippen LogP contribution in [-0.4, -0.2) is 44.6 Å². The predicted molar refractivity (Wildman–Crippen MR) is 163 cm³/mol. The molecule has 0 heterocycles. The molecular formula is C33H66O6. The summed E-state index contributed by atoms with van der Waals surface area (Å²) in [6.07, 6.45) is 29.3. The monoisotopic (exact) mass is 558 g/mol. The zero-order valence-corrected chi connectivity index (χ0v) is 25.9. The lowest BCUT2D eigenvalue weighted by atomic mass is 10.0. The highest BCUT2D eigenvalue weighted by Crippen LogP contribution is 2.14. The standard InChI is InChI=1S/C17H34O3.C16H32O3/c1-2-3-4-5-6-7-8-9-10-11-12-13-14-16(18)15-17(19)20;1-2-3-4-5-6-7-8-9-10-11-12-13-15(17)14-16(18)19/h16,18H,2-15H2,1H3,(H,19,20);15,17H,2-14H2,1H3,(H,18,19). The molecule has 0 aliphatic carbocycles. The van der Waals surface area contributed by atoms with E-state index in [9.17, 15) is 19.8 Å². The smallest absolute Gasteiger partial charge is 0.305 e. The van der Waals surface area contributed by atoms with Crippen LogP contribution < -0.4 is 0 Å². The number of rotatable bonds is 29. The average molecular weight is 559 g/mol. The third-order valence-corrected chi connectivity index (χ3v) is 7.35. The molecule has 0 amide bonds. The average Bonchev–Trinajstić information content (AvgIpc) is 2.87. The van der Waals surface area contributed by atoms with Crippen molar-refractivity contribution in [2.45, 2.75) is 199 Å². The Bertz CT molecular complexity index is 510. The largest absolute Gasteiger partial charge is 0.481 e. The van der Waals surface area contributed by atoms with Crippen LogP contribution in [-0.2, 0) is 9.59 Å². The third-order valence-electron chi connectivity index (χ3n) is 7.35. The first-order valence-corrected chi connectivity index (χ1v) is 16.6. The third kappa shape index (κ3) is 39.1. The van der Waals surface area contributed by atoms with Gasteiger partial charge < -0.3 is 20.4 Å². The van der Waals surface area contributed by atoms with Gasteiger partial charge >= 0.3 is 11.9 Å². The van der Waals surface area contributed by atoms with Gasteiger partial charge in [-0.2, -0.15) is 0 Å². The molecule has 39 heavy (non-hydrogen) atoms. The number of carboxylic acids is 2. The number of hydrogen-bond donors (Lipinski definition) is 4. The van der Waals surface area contributed by atoms with Gasteiger partial charge in [0.05, 0.1) is 25.0 Å². The van der Waals surface area contributed by atoms with Gasteiger partial charge in [-0.1, -0.05) is 162 Å². The highest BCUT2D eigenvalue weighted by molar-refractivity contribution is 5.67. The van der Waals surface area contributed by atoms with Crippen LogP contribution in [0.2, 0.25) is 0 Å². The minimum absolute atomic E-state index is 0.113. The van der Waals surface area contributed by atoms with Crippen molar-refractivity contribution in [3.8, 4) is 0 Å². The Kier molecular flexibility index (Phi) is 33.9. The normalized spacial score (nSPS) is 12.5. The van der Waals surface area contributed by atoms with Crippen LogP contribution in [0.3, 0.4) is 0 Å². The van der Waals surface area contributed by atoms with Crippen molar-refractivity contribution >= 4 is 11.9 Å². The van der Waals surface area contributed by atoms with Crippen molar-refractivity contribution in [1.82, 2.24) is 0 Å². The molecule has 234 valence electrons. The SMILES string of the molecule is CCCCCCCCCCCCCC(O)CC(=O)O.CCCCCCCCCCCCCCC(O)CC(=O)O. The number of carboxylic acid groups (broad SMARTS) is 2. The lowest BCUT2D eigenvalue weighted by molar-refractivity contribution is -0.140. The maximum atomic E-state index is 10.4. The van der Waals surface area contributed by atoms with E-state index >= 15 is 0 Å². The van der Waals surface area contributed by atoms with Gasteiger partial charge in [-0.15, -0.1) is 0 Å². The molecule has 4 N–H and O–H groups in total. The quantitative estimate of drug-likeness (QED) is 0.0680. The first-order chi connectivity index (χ1) is 18.8. The lowest BCUT2D eigenvalue weighted by Crippen LogP contribution is -2.12. The Hall–Kier alpha value is -1.14. The van der Waals surface area contributed by atoms with Crippen molar-refractivity contribution in [3.05, 3.63) is 0 Å². The van der Waals surface area contributed by atoms with E-state index in [0.717, 1.165) is 25.7 Å². The first kappa shape index (κ1) is 40.0. The van der Waals surface area contributed by atoms with Gasteiger partial charge in [0, 0.05) is 0 Å². The minimum atomic E-state index is -0.907. The molecule has 0 aromatic heterocycles. The second-order valence-electron chi connectivity index (χ2n) is 11.5. The zero-order valence-electron chi connectivity index (χ0n) is 25.9. The molecule has 0 aromatic rings. The fraction of sp³-hybridized carbons (Fsp3) is 0.939. The summed E-state index contributed by atoms with van der Waals surface area (Å²) in [4.78, 5) is 20.7. The van der Waals surface area contributed by atoms with Gasteiger partial charge in [0.2, 0.25) is 0 Å². The molecular weight excluding hydrogens is 492 g/mol. The molecule has 2 unspecified atom stereocenters. The molecule has 0 aromatic carbocycles. The second-order valence-corrected chi connectivity index (χ2v) is 11.5. The summed E-state index contributed by atoms with van der Waals surface area (Å²) in [5.41, 5.74) is 0. The summed E-state index contributed by atoms with van der Waals surface area (Å²) >= 11 is 0. The van der Waals surface area contributed by atoms with E-state index in [4.69, 9.17) is 10.2 Å². The summed E-state index contributed by atoms with van der Waals surface area (Å²) in [6, 6.07) is 0. The van der Waals surface area contributed by atoms with Crippen LogP contribution in [0.15, 0.2) is 0 Å². The van der Waals surface area contributed by atoms with E-state index in [1.54, 1.807) is 0 Å². The Morgan fingerprint density at radius 1 is 0.410 bits per heavy atom. The summed E-state index contributed by atoms with van der Waals surface area (Å²) in [5.74, 6) is -1.81. The van der Waals surface area contributed by atoms with Crippen molar-refractivity contribution < 1.29 is 30.0 Å². The van der Waals surface area contributed by atoms with E-state index in [-0.39, 0.29) is 12.8 Å². The summed E-state index contributed by atoms with van der Waals surface area (Å²) in [6.45, 7) is 4.49. The number of aliphatic hydroxyl groups excluding tert-OH is 2. The Labute approximate surface area is 241 Å². The molecule has 0 saturated heterocycles. The Morgan fingerprint density at radius 3 is 0.821 bits per heavy atom. The van der Waals surface area contributed by atoms with Gasteiger partial charge in [0.25, 0.3) is 0 Å². The van der Waals surface area contributed by atoms with E-state index in [2.05, 4.69) is 13.8 Å². The van der Waals surface area contributed by atoms with Gasteiger partial charge in [0.15, 0.2) is 0 Å². The molecule has 0 bridgehead atoms. The predicted octanol–water partition coefficient (Wildman–Crippen LogP) is 9.44. The summed E-state index contributed by atoms with van der Waals surface area (Å²) in [5, 5.41) is 35.8. The van der Waals surface area contributed by atoms with Crippen molar-refractivity contribution in [1.29, 1.82) is 0 Å². The highest BCUT2D eigenvalue weighted by Gasteiger charge is 2.09. The Balaban J connectivity index is 0. The van der Waals surface area contributed by atoms with Crippen LogP contribution in [0, 0.1) is 0 Å². The minimum Gasteiger partial charge on any atom is -0.481 e. The molecule has 0 aliphatic rings. The number of aliphatic carboxylic acids is 2. The van der Waals surface area contributed by atoms with Gasteiger partial charge in [0.1, 0.15) is 0 Å².